The smallest absolute Gasteiger partial charge is 0.313 e. The zero-order valence-corrected chi connectivity index (χ0v) is 17.1. The van der Waals surface area contributed by atoms with Gasteiger partial charge in [0.2, 0.25) is 0 Å². The highest BCUT2D eigenvalue weighted by molar-refractivity contribution is 6.40. The van der Waals surface area contributed by atoms with Crippen LogP contribution in [0.1, 0.15) is 34.5 Å². The molecule has 31 heavy (non-hydrogen) atoms. The molecular weight excluding hydrogens is 394 g/mol. The van der Waals surface area contributed by atoms with Gasteiger partial charge in [-0.2, -0.15) is 0 Å². The first kappa shape index (κ1) is 21.8. The molecule has 2 aromatic carbocycles. The molecule has 0 spiro atoms. The van der Waals surface area contributed by atoms with Crippen LogP contribution in [0.4, 0.5) is 5.69 Å². The molecule has 0 bridgehead atoms. The standard InChI is InChI=1S/C24H25N3O4/c28-22(26-17-19-12-8-16-31-19)20-13-4-5-14-21(20)27-24(30)23(29)25-15-7-6-11-18-9-2-1-3-10-18/h1-5,8-10,12-14,16H,6-7,11,15,17H2,(H,25,29)(H,26,28)(H,27,30). The second-order valence-electron chi connectivity index (χ2n) is 6.96. The van der Waals surface area contributed by atoms with Crippen LogP contribution in [-0.4, -0.2) is 24.3 Å². The van der Waals surface area contributed by atoms with Crippen LogP contribution in [0.15, 0.2) is 77.4 Å². The van der Waals surface area contributed by atoms with E-state index in [2.05, 4.69) is 28.1 Å². The molecule has 7 heteroatoms. The summed E-state index contributed by atoms with van der Waals surface area (Å²) in [6.07, 6.45) is 4.11. The van der Waals surface area contributed by atoms with Crippen molar-refractivity contribution in [1.29, 1.82) is 0 Å². The molecule has 3 rings (SSSR count). The van der Waals surface area contributed by atoms with E-state index in [1.165, 1.54) is 11.8 Å². The van der Waals surface area contributed by atoms with E-state index >= 15 is 0 Å². The first-order valence-corrected chi connectivity index (χ1v) is 10.2. The molecule has 0 atom stereocenters. The summed E-state index contributed by atoms with van der Waals surface area (Å²) in [6, 6.07) is 20.1. The maximum atomic E-state index is 12.5. The third kappa shape index (κ3) is 6.85. The molecule has 1 heterocycles. The van der Waals surface area contributed by atoms with Crippen LogP contribution in [0.2, 0.25) is 0 Å². The average Bonchev–Trinajstić information content (AvgIpc) is 3.32. The molecule has 0 aliphatic heterocycles. The van der Waals surface area contributed by atoms with Gasteiger partial charge in [-0.25, -0.2) is 0 Å². The molecule has 0 saturated carbocycles. The Morgan fingerprint density at radius 3 is 2.32 bits per heavy atom. The van der Waals surface area contributed by atoms with Crippen LogP contribution in [0.25, 0.3) is 0 Å². The number of anilines is 1. The lowest BCUT2D eigenvalue weighted by Crippen LogP contribution is -2.36. The molecule has 7 nitrogen and oxygen atoms in total. The van der Waals surface area contributed by atoms with Gasteiger partial charge in [-0.3, -0.25) is 14.4 Å². The fourth-order valence-electron chi connectivity index (χ4n) is 3.03. The molecule has 0 fully saturated rings. The van der Waals surface area contributed by atoms with Gasteiger partial charge in [-0.15, -0.1) is 0 Å². The number of amides is 3. The monoisotopic (exact) mass is 419 g/mol. The van der Waals surface area contributed by atoms with Gasteiger partial charge in [0.1, 0.15) is 5.76 Å². The number of carbonyl (C=O) groups is 3. The summed E-state index contributed by atoms with van der Waals surface area (Å²) in [5.74, 6) is -1.31. The summed E-state index contributed by atoms with van der Waals surface area (Å²) in [7, 11) is 0. The quantitative estimate of drug-likeness (QED) is 0.366. The number of nitrogens with one attached hydrogen (secondary N) is 3. The zero-order chi connectivity index (χ0) is 21.9. The molecular formula is C24H25N3O4. The Balaban J connectivity index is 1.44. The van der Waals surface area contributed by atoms with Crippen molar-refractivity contribution in [2.24, 2.45) is 0 Å². The van der Waals surface area contributed by atoms with Gasteiger partial charge in [0.05, 0.1) is 24.1 Å². The van der Waals surface area contributed by atoms with Crippen molar-refractivity contribution in [2.75, 3.05) is 11.9 Å². The van der Waals surface area contributed by atoms with Crippen molar-refractivity contribution in [3.8, 4) is 0 Å². The van der Waals surface area contributed by atoms with Crippen LogP contribution in [0.3, 0.4) is 0 Å². The lowest BCUT2D eigenvalue weighted by atomic mass is 10.1. The molecule has 0 unspecified atom stereocenters. The van der Waals surface area contributed by atoms with Gasteiger partial charge in [0, 0.05) is 6.54 Å². The highest BCUT2D eigenvalue weighted by Crippen LogP contribution is 2.15. The van der Waals surface area contributed by atoms with E-state index in [1.807, 2.05) is 18.2 Å². The Labute approximate surface area is 180 Å². The maximum absolute atomic E-state index is 12.5. The summed E-state index contributed by atoms with van der Waals surface area (Å²) < 4.78 is 5.19. The Kier molecular flexibility index (Phi) is 7.99. The fourth-order valence-corrected chi connectivity index (χ4v) is 3.03. The Morgan fingerprint density at radius 1 is 0.774 bits per heavy atom. The van der Waals surface area contributed by atoms with Gasteiger partial charge in [-0.05, 0) is 49.1 Å². The number of benzene rings is 2. The topological polar surface area (TPSA) is 100 Å². The van der Waals surface area contributed by atoms with E-state index in [0.717, 1.165) is 19.3 Å². The number of carbonyl (C=O) groups excluding carboxylic acids is 3. The lowest BCUT2D eigenvalue weighted by Gasteiger charge is -2.11. The van der Waals surface area contributed by atoms with Crippen LogP contribution >= 0.6 is 0 Å². The molecule has 3 amide bonds. The molecule has 0 radical (unpaired) electrons. The Morgan fingerprint density at radius 2 is 1.55 bits per heavy atom. The van der Waals surface area contributed by atoms with Crippen molar-refractivity contribution in [1.82, 2.24) is 10.6 Å². The van der Waals surface area contributed by atoms with E-state index < -0.39 is 11.8 Å². The zero-order valence-electron chi connectivity index (χ0n) is 17.1. The molecule has 1 aromatic heterocycles. The molecule has 3 N–H and O–H groups in total. The van der Waals surface area contributed by atoms with Gasteiger partial charge in [0.15, 0.2) is 0 Å². The highest BCUT2D eigenvalue weighted by atomic mass is 16.3. The number of para-hydroxylation sites is 1. The summed E-state index contributed by atoms with van der Waals surface area (Å²) in [4.78, 5) is 36.8. The van der Waals surface area contributed by atoms with E-state index in [4.69, 9.17) is 4.42 Å². The van der Waals surface area contributed by atoms with Crippen LogP contribution in [0.5, 0.6) is 0 Å². The van der Waals surface area contributed by atoms with Crippen molar-refractivity contribution < 1.29 is 18.8 Å². The van der Waals surface area contributed by atoms with E-state index in [-0.39, 0.29) is 23.7 Å². The number of unbranched alkanes of at least 4 members (excludes halogenated alkanes) is 1. The first-order chi connectivity index (χ1) is 15.1. The summed E-state index contributed by atoms with van der Waals surface area (Å²) in [5.41, 5.74) is 1.77. The lowest BCUT2D eigenvalue weighted by molar-refractivity contribution is -0.136. The minimum Gasteiger partial charge on any atom is -0.467 e. The van der Waals surface area contributed by atoms with Crippen molar-refractivity contribution in [2.45, 2.75) is 25.8 Å². The third-order valence-electron chi connectivity index (χ3n) is 4.65. The van der Waals surface area contributed by atoms with Crippen molar-refractivity contribution >= 4 is 23.4 Å². The molecule has 0 saturated heterocycles. The summed E-state index contributed by atoms with van der Waals surface area (Å²) >= 11 is 0. The number of hydrogen-bond acceptors (Lipinski definition) is 4. The molecule has 3 aromatic rings. The molecule has 0 aliphatic rings. The van der Waals surface area contributed by atoms with E-state index in [0.29, 0.717) is 12.3 Å². The van der Waals surface area contributed by atoms with Crippen LogP contribution < -0.4 is 16.0 Å². The molecule has 0 aliphatic carbocycles. The number of aryl methyl sites for hydroxylation is 1. The fraction of sp³-hybridized carbons (Fsp3) is 0.208. The normalized spacial score (nSPS) is 10.3. The predicted octanol–water partition coefficient (Wildman–Crippen LogP) is 3.29. The maximum Gasteiger partial charge on any atom is 0.313 e. The second-order valence-corrected chi connectivity index (χ2v) is 6.96. The molecule has 160 valence electrons. The largest absolute Gasteiger partial charge is 0.467 e. The van der Waals surface area contributed by atoms with Crippen molar-refractivity contribution in [3.63, 3.8) is 0 Å². The number of hydrogen-bond donors (Lipinski definition) is 3. The summed E-state index contributed by atoms with van der Waals surface area (Å²) in [6.45, 7) is 0.627. The third-order valence-corrected chi connectivity index (χ3v) is 4.65. The number of furan rings is 1. The van der Waals surface area contributed by atoms with Gasteiger partial charge < -0.3 is 20.4 Å². The van der Waals surface area contributed by atoms with Crippen LogP contribution in [-0.2, 0) is 22.6 Å². The van der Waals surface area contributed by atoms with Gasteiger partial charge >= 0.3 is 11.8 Å². The van der Waals surface area contributed by atoms with Crippen LogP contribution in [0, 0.1) is 0 Å². The van der Waals surface area contributed by atoms with Gasteiger partial charge in [0.25, 0.3) is 5.91 Å². The first-order valence-electron chi connectivity index (χ1n) is 10.2. The minimum absolute atomic E-state index is 0.220. The second kappa shape index (κ2) is 11.3. The van der Waals surface area contributed by atoms with Gasteiger partial charge in [-0.1, -0.05) is 42.5 Å². The van der Waals surface area contributed by atoms with E-state index in [1.54, 1.807) is 36.4 Å². The van der Waals surface area contributed by atoms with E-state index in [9.17, 15) is 14.4 Å². The summed E-state index contributed by atoms with van der Waals surface area (Å²) in [5, 5.41) is 7.85. The predicted molar refractivity (Wildman–Crippen MR) is 117 cm³/mol. The van der Waals surface area contributed by atoms with Crippen molar-refractivity contribution in [3.05, 3.63) is 89.9 Å². The Hall–Kier alpha value is -3.87. The number of rotatable bonds is 9. The highest BCUT2D eigenvalue weighted by Gasteiger charge is 2.17. The Bertz CT molecular complexity index is 1000. The SMILES string of the molecule is O=C(NCCCCc1ccccc1)C(=O)Nc1ccccc1C(=O)NCc1ccco1. The minimum atomic E-state index is -0.811. The average molecular weight is 419 g/mol.